The van der Waals surface area contributed by atoms with E-state index < -0.39 is 0 Å². The van der Waals surface area contributed by atoms with Crippen LogP contribution in [-0.2, 0) is 4.79 Å². The van der Waals surface area contributed by atoms with Crippen LogP contribution in [0, 0.1) is 5.92 Å². The van der Waals surface area contributed by atoms with Crippen molar-refractivity contribution in [3.8, 4) is 0 Å². The summed E-state index contributed by atoms with van der Waals surface area (Å²) in [5.74, 6) is 0.647. The molecule has 1 aliphatic heterocycles. The van der Waals surface area contributed by atoms with Crippen molar-refractivity contribution in [2.75, 3.05) is 13.1 Å². The summed E-state index contributed by atoms with van der Waals surface area (Å²) in [6.07, 6.45) is 6.11. The van der Waals surface area contributed by atoms with Gasteiger partial charge in [0.1, 0.15) is 5.78 Å². The van der Waals surface area contributed by atoms with Crippen LogP contribution >= 0.6 is 0 Å². The first kappa shape index (κ1) is 11.4. The Morgan fingerprint density at radius 2 is 2.21 bits per heavy atom. The van der Waals surface area contributed by atoms with Gasteiger partial charge in [-0.25, -0.2) is 0 Å². The maximum atomic E-state index is 11.4. The molecule has 0 aromatic heterocycles. The number of ketones is 1. The first-order valence-corrected chi connectivity index (χ1v) is 5.54. The number of hydrogen-bond donors (Lipinski definition) is 0. The Hall–Kier alpha value is -0.630. The van der Waals surface area contributed by atoms with Crippen LogP contribution in [0.2, 0.25) is 0 Å². The van der Waals surface area contributed by atoms with E-state index in [2.05, 4.69) is 30.9 Å². The summed E-state index contributed by atoms with van der Waals surface area (Å²) >= 11 is 0. The minimum absolute atomic E-state index is 0.217. The fraction of sp³-hybridized carbons (Fsp3) is 0.750. The summed E-state index contributed by atoms with van der Waals surface area (Å²) in [6, 6.07) is 0.418. The predicted molar refractivity (Wildman–Crippen MR) is 59.3 cm³/mol. The molecule has 0 aromatic carbocycles. The number of likely N-dealkylation sites (tertiary alicyclic amines) is 1. The Morgan fingerprint density at radius 3 is 2.86 bits per heavy atom. The second-order valence-electron chi connectivity index (χ2n) is 4.14. The van der Waals surface area contributed by atoms with Crippen LogP contribution in [0.1, 0.15) is 33.6 Å². The lowest BCUT2D eigenvalue weighted by Gasteiger charge is -2.36. The summed E-state index contributed by atoms with van der Waals surface area (Å²) < 4.78 is 0. The predicted octanol–water partition coefficient (Wildman–Crippen LogP) is 2.25. The number of hydrogen-bond acceptors (Lipinski definition) is 2. The molecule has 0 bridgehead atoms. The molecule has 1 aliphatic rings. The van der Waals surface area contributed by atoms with Gasteiger partial charge >= 0.3 is 0 Å². The fourth-order valence-corrected chi connectivity index (χ4v) is 1.99. The molecule has 2 heteroatoms. The Kier molecular flexibility index (Phi) is 4.33. The fourth-order valence-electron chi connectivity index (χ4n) is 1.99. The Balaban J connectivity index is 2.42. The Bertz CT molecular complexity index is 222. The van der Waals surface area contributed by atoms with Crippen molar-refractivity contribution in [2.24, 2.45) is 5.92 Å². The van der Waals surface area contributed by atoms with Crippen LogP contribution in [0.4, 0.5) is 0 Å². The zero-order valence-corrected chi connectivity index (χ0v) is 9.49. The summed E-state index contributed by atoms with van der Waals surface area (Å²) in [7, 11) is 0. The van der Waals surface area contributed by atoms with Crippen molar-refractivity contribution in [2.45, 2.75) is 39.7 Å². The zero-order chi connectivity index (χ0) is 10.6. The third kappa shape index (κ3) is 2.68. The second-order valence-corrected chi connectivity index (χ2v) is 4.14. The second kappa shape index (κ2) is 5.30. The van der Waals surface area contributed by atoms with Gasteiger partial charge in [-0.1, -0.05) is 19.1 Å². The summed E-state index contributed by atoms with van der Waals surface area (Å²) in [6.45, 7) is 8.29. The molecule has 0 N–H and O–H groups in total. The van der Waals surface area contributed by atoms with Gasteiger partial charge in [-0.3, -0.25) is 9.69 Å². The number of carbonyl (C=O) groups excluding carboxylic acids is 1. The number of carbonyl (C=O) groups is 1. The minimum atomic E-state index is 0.217. The first-order chi connectivity index (χ1) is 6.66. The van der Waals surface area contributed by atoms with E-state index in [1.165, 1.54) is 0 Å². The van der Waals surface area contributed by atoms with E-state index in [4.69, 9.17) is 0 Å². The van der Waals surface area contributed by atoms with Crippen LogP contribution in [0.15, 0.2) is 12.2 Å². The smallest absolute Gasteiger partial charge is 0.138 e. The lowest BCUT2D eigenvalue weighted by molar-refractivity contribution is -0.127. The number of Topliss-reactive ketones (excluding diaryl/α,β-unsaturated/α-hetero) is 1. The third-order valence-corrected chi connectivity index (χ3v) is 3.27. The highest BCUT2D eigenvalue weighted by atomic mass is 16.1. The Labute approximate surface area is 87.0 Å². The Morgan fingerprint density at radius 1 is 1.50 bits per heavy atom. The van der Waals surface area contributed by atoms with Crippen LogP contribution < -0.4 is 0 Å². The first-order valence-electron chi connectivity index (χ1n) is 5.54. The molecule has 1 heterocycles. The molecule has 2 atom stereocenters. The summed E-state index contributed by atoms with van der Waals surface area (Å²) in [5.41, 5.74) is 0. The standard InChI is InChI=1S/C12H21NO/c1-4-5-6-8-13-9-7-12(14)10(2)11(13)3/h4-5,10-11H,6-9H2,1-3H3/b5-4+. The van der Waals surface area contributed by atoms with Crippen molar-refractivity contribution in [1.82, 2.24) is 4.90 Å². The van der Waals surface area contributed by atoms with Gasteiger partial charge in [0.25, 0.3) is 0 Å². The molecule has 14 heavy (non-hydrogen) atoms. The van der Waals surface area contributed by atoms with Gasteiger partial charge in [0, 0.05) is 31.5 Å². The van der Waals surface area contributed by atoms with Gasteiger partial charge in [0.05, 0.1) is 0 Å². The topological polar surface area (TPSA) is 20.3 Å². The minimum Gasteiger partial charge on any atom is -0.299 e. The quantitative estimate of drug-likeness (QED) is 0.644. The average molecular weight is 195 g/mol. The number of rotatable bonds is 3. The molecular weight excluding hydrogens is 174 g/mol. The monoisotopic (exact) mass is 195 g/mol. The molecule has 80 valence electrons. The van der Waals surface area contributed by atoms with Gasteiger partial charge in [-0.05, 0) is 20.3 Å². The zero-order valence-electron chi connectivity index (χ0n) is 9.49. The molecule has 0 saturated carbocycles. The van der Waals surface area contributed by atoms with Crippen LogP contribution in [0.25, 0.3) is 0 Å². The molecule has 2 nitrogen and oxygen atoms in total. The van der Waals surface area contributed by atoms with Crippen LogP contribution in [-0.4, -0.2) is 29.8 Å². The normalized spacial score (nSPS) is 30.1. The molecule has 0 amide bonds. The third-order valence-electron chi connectivity index (χ3n) is 3.27. The molecule has 1 rings (SSSR count). The highest BCUT2D eigenvalue weighted by molar-refractivity contribution is 5.82. The van der Waals surface area contributed by atoms with E-state index in [1.54, 1.807) is 0 Å². The molecule has 0 spiro atoms. The maximum absolute atomic E-state index is 11.4. The SMILES string of the molecule is C/C=C/CCN1CCC(=O)C(C)C1C. The van der Waals surface area contributed by atoms with Gasteiger partial charge < -0.3 is 0 Å². The van der Waals surface area contributed by atoms with E-state index in [1.807, 2.05) is 6.92 Å². The van der Waals surface area contributed by atoms with Crippen molar-refractivity contribution >= 4 is 5.78 Å². The highest BCUT2D eigenvalue weighted by Crippen LogP contribution is 2.19. The highest BCUT2D eigenvalue weighted by Gasteiger charge is 2.29. The van der Waals surface area contributed by atoms with E-state index >= 15 is 0 Å². The molecule has 0 aliphatic carbocycles. The lowest BCUT2D eigenvalue weighted by atomic mass is 9.90. The van der Waals surface area contributed by atoms with Gasteiger partial charge in [0.2, 0.25) is 0 Å². The van der Waals surface area contributed by atoms with Gasteiger partial charge in [-0.2, -0.15) is 0 Å². The molecule has 0 radical (unpaired) electrons. The summed E-state index contributed by atoms with van der Waals surface area (Å²) in [4.78, 5) is 13.9. The van der Waals surface area contributed by atoms with Crippen LogP contribution in [0.5, 0.6) is 0 Å². The van der Waals surface area contributed by atoms with Crippen molar-refractivity contribution in [1.29, 1.82) is 0 Å². The number of piperidine rings is 1. The van der Waals surface area contributed by atoms with E-state index in [0.717, 1.165) is 25.9 Å². The largest absolute Gasteiger partial charge is 0.299 e. The molecule has 2 unspecified atom stereocenters. The van der Waals surface area contributed by atoms with E-state index in [0.29, 0.717) is 11.8 Å². The van der Waals surface area contributed by atoms with Gasteiger partial charge in [-0.15, -0.1) is 0 Å². The summed E-state index contributed by atoms with van der Waals surface area (Å²) in [5, 5.41) is 0. The average Bonchev–Trinajstić information content (AvgIpc) is 2.18. The van der Waals surface area contributed by atoms with Gasteiger partial charge in [0.15, 0.2) is 0 Å². The lowest BCUT2D eigenvalue weighted by Crippen LogP contribution is -2.46. The van der Waals surface area contributed by atoms with Crippen molar-refractivity contribution in [3.63, 3.8) is 0 Å². The molecule has 1 saturated heterocycles. The number of nitrogens with zero attached hydrogens (tertiary/aromatic N) is 1. The molecular formula is C12H21NO. The molecule has 1 fully saturated rings. The van der Waals surface area contributed by atoms with E-state index in [9.17, 15) is 4.79 Å². The van der Waals surface area contributed by atoms with Crippen molar-refractivity contribution < 1.29 is 4.79 Å². The number of allylic oxidation sites excluding steroid dienone is 1. The van der Waals surface area contributed by atoms with Crippen LogP contribution in [0.3, 0.4) is 0 Å². The maximum Gasteiger partial charge on any atom is 0.138 e. The van der Waals surface area contributed by atoms with Crippen molar-refractivity contribution in [3.05, 3.63) is 12.2 Å². The van der Waals surface area contributed by atoms with E-state index in [-0.39, 0.29) is 5.92 Å². The molecule has 0 aromatic rings.